The van der Waals surface area contributed by atoms with E-state index in [4.69, 9.17) is 0 Å². The molecule has 100 valence electrons. The molecule has 2 fully saturated rings. The lowest BCUT2D eigenvalue weighted by molar-refractivity contribution is 0.260. The van der Waals surface area contributed by atoms with E-state index in [0.29, 0.717) is 0 Å². The van der Waals surface area contributed by atoms with E-state index in [1.807, 2.05) is 0 Å². The third-order valence-electron chi connectivity index (χ3n) is 4.46. The van der Waals surface area contributed by atoms with Crippen LogP contribution in [0.4, 0.5) is 0 Å². The van der Waals surface area contributed by atoms with E-state index in [1.54, 1.807) is 11.3 Å². The van der Waals surface area contributed by atoms with E-state index in [0.717, 1.165) is 24.4 Å². The fourth-order valence-corrected chi connectivity index (χ4v) is 4.84. The maximum absolute atomic E-state index is 3.73. The molecule has 1 N–H and O–H groups in total. The molecule has 0 amide bonds. The van der Waals surface area contributed by atoms with Crippen molar-refractivity contribution in [1.82, 2.24) is 10.2 Å². The maximum atomic E-state index is 3.73. The van der Waals surface area contributed by atoms with E-state index >= 15 is 0 Å². The van der Waals surface area contributed by atoms with Crippen molar-refractivity contribution in [3.8, 4) is 0 Å². The normalized spacial score (nSPS) is 31.2. The molecule has 0 radical (unpaired) electrons. The fraction of sp³-hybridized carbons (Fsp3) is 0.714. The van der Waals surface area contributed by atoms with E-state index < -0.39 is 0 Å². The highest BCUT2D eigenvalue weighted by Gasteiger charge is 2.38. The van der Waals surface area contributed by atoms with Gasteiger partial charge in [0.05, 0.1) is 3.79 Å². The average Bonchev–Trinajstić information content (AvgIpc) is 2.98. The first-order valence-electron chi connectivity index (χ1n) is 6.87. The van der Waals surface area contributed by atoms with E-state index in [-0.39, 0.29) is 0 Å². The molecule has 2 heterocycles. The Morgan fingerprint density at radius 3 is 3.17 bits per heavy atom. The van der Waals surface area contributed by atoms with Gasteiger partial charge in [0.2, 0.25) is 0 Å². The molecule has 1 saturated carbocycles. The molecule has 0 aromatic carbocycles. The van der Waals surface area contributed by atoms with Crippen LogP contribution in [0.25, 0.3) is 0 Å². The molecular formula is C14H21BrN2S. The van der Waals surface area contributed by atoms with Gasteiger partial charge in [-0.25, -0.2) is 0 Å². The largest absolute Gasteiger partial charge is 0.312 e. The molecule has 0 bridgehead atoms. The van der Waals surface area contributed by atoms with Gasteiger partial charge in [0.25, 0.3) is 0 Å². The fourth-order valence-electron chi connectivity index (χ4n) is 3.64. The van der Waals surface area contributed by atoms with Gasteiger partial charge >= 0.3 is 0 Å². The van der Waals surface area contributed by atoms with Crippen molar-refractivity contribution in [2.45, 2.75) is 31.8 Å². The van der Waals surface area contributed by atoms with Crippen molar-refractivity contribution in [2.75, 3.05) is 20.1 Å². The van der Waals surface area contributed by atoms with Crippen LogP contribution in [0.2, 0.25) is 0 Å². The molecule has 3 atom stereocenters. The molecule has 3 unspecified atom stereocenters. The van der Waals surface area contributed by atoms with Gasteiger partial charge in [-0.3, -0.25) is 0 Å². The minimum absolute atomic E-state index is 0.726. The third kappa shape index (κ3) is 2.82. The summed E-state index contributed by atoms with van der Waals surface area (Å²) in [6.45, 7) is 3.51. The lowest BCUT2D eigenvalue weighted by Crippen LogP contribution is -2.38. The van der Waals surface area contributed by atoms with Crippen molar-refractivity contribution >= 4 is 27.3 Å². The zero-order valence-electron chi connectivity index (χ0n) is 10.9. The number of hydrogen-bond acceptors (Lipinski definition) is 3. The summed E-state index contributed by atoms with van der Waals surface area (Å²) < 4.78 is 1.24. The predicted octanol–water partition coefficient (Wildman–Crippen LogP) is 3.33. The van der Waals surface area contributed by atoms with Crippen molar-refractivity contribution in [2.24, 2.45) is 11.8 Å². The number of hydrogen-bond donors (Lipinski definition) is 1. The van der Waals surface area contributed by atoms with Gasteiger partial charge in [-0.05, 0) is 71.2 Å². The van der Waals surface area contributed by atoms with Crippen molar-refractivity contribution in [1.29, 1.82) is 0 Å². The first-order chi connectivity index (χ1) is 8.72. The second kappa shape index (κ2) is 5.61. The molecule has 1 aliphatic heterocycles. The molecule has 1 saturated heterocycles. The first kappa shape index (κ1) is 13.1. The Bertz CT molecular complexity index is 406. The smallest absolute Gasteiger partial charge is 0.0701 e. The van der Waals surface area contributed by atoms with E-state index in [2.05, 4.69) is 44.6 Å². The van der Waals surface area contributed by atoms with Crippen LogP contribution in [-0.2, 0) is 6.54 Å². The minimum atomic E-state index is 0.726. The molecule has 4 heteroatoms. The number of thiophene rings is 1. The molecule has 18 heavy (non-hydrogen) atoms. The molecule has 1 aromatic rings. The van der Waals surface area contributed by atoms with Gasteiger partial charge in [-0.1, -0.05) is 6.42 Å². The highest BCUT2D eigenvalue weighted by molar-refractivity contribution is 9.11. The molecular weight excluding hydrogens is 308 g/mol. The van der Waals surface area contributed by atoms with Crippen LogP contribution in [0.15, 0.2) is 15.2 Å². The lowest BCUT2D eigenvalue weighted by atomic mass is 9.94. The quantitative estimate of drug-likeness (QED) is 0.911. The Morgan fingerprint density at radius 1 is 1.50 bits per heavy atom. The Morgan fingerprint density at radius 2 is 2.39 bits per heavy atom. The summed E-state index contributed by atoms with van der Waals surface area (Å²) in [5.41, 5.74) is 1.43. The summed E-state index contributed by atoms with van der Waals surface area (Å²) >= 11 is 5.31. The highest BCUT2D eigenvalue weighted by Crippen LogP contribution is 2.37. The number of nitrogens with zero attached hydrogens (tertiary/aromatic N) is 1. The number of rotatable bonds is 4. The standard InChI is InChI=1S/C14H21BrN2S/c1-17(7-10-5-14(15)18-9-10)8-13-12-4-2-3-11(12)6-16-13/h5,9,11-13,16H,2-4,6-8H2,1H3. The van der Waals surface area contributed by atoms with Crippen molar-refractivity contribution in [3.05, 3.63) is 20.8 Å². The Kier molecular flexibility index (Phi) is 4.09. The van der Waals surface area contributed by atoms with Gasteiger partial charge < -0.3 is 10.2 Å². The van der Waals surface area contributed by atoms with Crippen LogP contribution in [0.3, 0.4) is 0 Å². The van der Waals surface area contributed by atoms with Crippen LogP contribution < -0.4 is 5.32 Å². The molecule has 2 nitrogen and oxygen atoms in total. The minimum Gasteiger partial charge on any atom is -0.312 e. The summed E-state index contributed by atoms with van der Waals surface area (Å²) in [4.78, 5) is 2.47. The summed E-state index contributed by atoms with van der Waals surface area (Å²) in [6.07, 6.45) is 4.35. The first-order valence-corrected chi connectivity index (χ1v) is 8.54. The Hall–Kier alpha value is 0.1000. The van der Waals surface area contributed by atoms with Crippen LogP contribution in [0, 0.1) is 11.8 Å². The zero-order chi connectivity index (χ0) is 12.5. The molecule has 0 spiro atoms. The van der Waals surface area contributed by atoms with Crippen molar-refractivity contribution in [3.63, 3.8) is 0 Å². The summed E-state index contributed by atoms with van der Waals surface area (Å²) in [5.74, 6) is 1.92. The average molecular weight is 329 g/mol. The predicted molar refractivity (Wildman–Crippen MR) is 81.0 cm³/mol. The maximum Gasteiger partial charge on any atom is 0.0701 e. The Balaban J connectivity index is 1.53. The highest BCUT2D eigenvalue weighted by atomic mass is 79.9. The molecule has 3 rings (SSSR count). The van der Waals surface area contributed by atoms with Crippen LogP contribution >= 0.6 is 27.3 Å². The van der Waals surface area contributed by atoms with Gasteiger partial charge in [0.1, 0.15) is 0 Å². The summed E-state index contributed by atoms with van der Waals surface area (Å²) in [7, 11) is 2.25. The Labute approximate surface area is 122 Å². The monoisotopic (exact) mass is 328 g/mol. The third-order valence-corrected chi connectivity index (χ3v) is 6.01. The van der Waals surface area contributed by atoms with Crippen LogP contribution in [0.5, 0.6) is 0 Å². The molecule has 1 aliphatic carbocycles. The summed E-state index contributed by atoms with van der Waals surface area (Å²) in [6, 6.07) is 2.96. The van der Waals surface area contributed by atoms with E-state index in [1.165, 1.54) is 41.7 Å². The second-order valence-electron chi connectivity index (χ2n) is 5.83. The van der Waals surface area contributed by atoms with Gasteiger partial charge in [0, 0.05) is 19.1 Å². The van der Waals surface area contributed by atoms with Crippen LogP contribution in [0.1, 0.15) is 24.8 Å². The molecule has 1 aromatic heterocycles. The van der Waals surface area contributed by atoms with Gasteiger partial charge in [0.15, 0.2) is 0 Å². The zero-order valence-corrected chi connectivity index (χ0v) is 13.3. The molecule has 2 aliphatic rings. The SMILES string of the molecule is CN(Cc1csc(Br)c1)CC1NCC2CCCC21. The number of halogens is 1. The van der Waals surface area contributed by atoms with E-state index in [9.17, 15) is 0 Å². The number of likely N-dealkylation sites (N-methyl/N-ethyl adjacent to an activating group) is 1. The van der Waals surface area contributed by atoms with Crippen LogP contribution in [-0.4, -0.2) is 31.1 Å². The lowest BCUT2D eigenvalue weighted by Gasteiger charge is -2.24. The number of fused-ring (bicyclic) bond motifs is 1. The number of nitrogens with one attached hydrogen (secondary N) is 1. The summed E-state index contributed by atoms with van der Waals surface area (Å²) in [5, 5.41) is 5.98. The van der Waals surface area contributed by atoms with Gasteiger partial charge in [-0.2, -0.15) is 0 Å². The second-order valence-corrected chi connectivity index (χ2v) is 8.12. The van der Waals surface area contributed by atoms with Gasteiger partial charge in [-0.15, -0.1) is 11.3 Å². The van der Waals surface area contributed by atoms with Crippen molar-refractivity contribution < 1.29 is 0 Å². The topological polar surface area (TPSA) is 15.3 Å².